The highest BCUT2D eigenvalue weighted by molar-refractivity contribution is 7.91. The minimum absolute atomic E-state index is 0.0802. The molecule has 2 aromatic rings. The molecule has 0 aliphatic heterocycles. The second-order valence-electron chi connectivity index (χ2n) is 3.71. The summed E-state index contributed by atoms with van der Waals surface area (Å²) in [4.78, 5) is 3.68. The Kier molecular flexibility index (Phi) is 4.51. The maximum absolute atomic E-state index is 12.7. The molecule has 0 amide bonds. The number of thiazole rings is 1. The summed E-state index contributed by atoms with van der Waals surface area (Å²) in [5, 5.41) is 0. The van der Waals surface area contributed by atoms with Gasteiger partial charge in [0.05, 0.1) is 6.20 Å². The van der Waals surface area contributed by atoms with Crippen LogP contribution in [0, 0.1) is 5.82 Å². The van der Waals surface area contributed by atoms with Crippen molar-refractivity contribution in [2.24, 2.45) is 0 Å². The molecular weight excluding hydrogens is 311 g/mol. The van der Waals surface area contributed by atoms with Crippen LogP contribution in [0.5, 0.6) is 0 Å². The first-order valence-electron chi connectivity index (χ1n) is 5.33. The number of benzene rings is 1. The molecule has 1 heterocycles. The average molecular weight is 321 g/mol. The van der Waals surface area contributed by atoms with Crippen LogP contribution in [0.15, 0.2) is 34.7 Å². The van der Waals surface area contributed by atoms with E-state index in [9.17, 15) is 12.8 Å². The van der Waals surface area contributed by atoms with E-state index < -0.39 is 10.0 Å². The van der Waals surface area contributed by atoms with Crippen molar-refractivity contribution >= 4 is 33.0 Å². The van der Waals surface area contributed by atoms with Crippen molar-refractivity contribution in [1.29, 1.82) is 0 Å². The molecule has 0 saturated carbocycles. The van der Waals surface area contributed by atoms with Gasteiger partial charge in [0.15, 0.2) is 8.68 Å². The van der Waals surface area contributed by atoms with Crippen molar-refractivity contribution < 1.29 is 12.8 Å². The van der Waals surface area contributed by atoms with E-state index in [0.717, 1.165) is 16.9 Å². The highest BCUT2D eigenvalue weighted by Crippen LogP contribution is 2.21. The van der Waals surface area contributed by atoms with Gasteiger partial charge >= 0.3 is 0 Å². The Morgan fingerprint density at radius 2 is 2.00 bits per heavy atom. The Labute approximate surface area is 119 Å². The van der Waals surface area contributed by atoms with E-state index >= 15 is 0 Å². The molecule has 0 saturated heterocycles. The predicted octanol–water partition coefficient (Wildman–Crippen LogP) is 2.46. The number of hydrogen-bond donors (Lipinski definition) is 1. The Balaban J connectivity index is 1.93. The van der Waals surface area contributed by atoms with Gasteiger partial charge in [-0.05, 0) is 24.1 Å². The van der Waals surface area contributed by atoms with Crippen LogP contribution in [0.2, 0.25) is 4.47 Å². The normalized spacial score (nSPS) is 11.7. The second kappa shape index (κ2) is 5.96. The third-order valence-corrected chi connectivity index (χ3v) is 5.38. The van der Waals surface area contributed by atoms with Crippen molar-refractivity contribution in [3.8, 4) is 0 Å². The van der Waals surface area contributed by atoms with Crippen LogP contribution >= 0.6 is 22.9 Å². The van der Waals surface area contributed by atoms with Gasteiger partial charge in [-0.1, -0.05) is 35.1 Å². The van der Waals surface area contributed by atoms with Crippen LogP contribution in [-0.4, -0.2) is 19.9 Å². The summed E-state index contributed by atoms with van der Waals surface area (Å²) in [7, 11) is -3.57. The molecule has 0 atom stereocenters. The summed E-state index contributed by atoms with van der Waals surface area (Å²) in [6.45, 7) is 0.226. The summed E-state index contributed by atoms with van der Waals surface area (Å²) in [6, 6.07) is 5.92. The van der Waals surface area contributed by atoms with E-state index in [4.69, 9.17) is 11.6 Å². The SMILES string of the molecule is O=S(=O)(NCCc1ccc(F)cc1)c1cnc(Cl)s1. The number of nitrogens with one attached hydrogen (secondary N) is 1. The van der Waals surface area contributed by atoms with Crippen molar-refractivity contribution in [3.05, 3.63) is 46.3 Å². The number of hydrogen-bond acceptors (Lipinski definition) is 4. The van der Waals surface area contributed by atoms with Gasteiger partial charge in [-0.15, -0.1) is 0 Å². The lowest BCUT2D eigenvalue weighted by Crippen LogP contribution is -2.25. The van der Waals surface area contributed by atoms with Crippen LogP contribution in [0.25, 0.3) is 0 Å². The largest absolute Gasteiger partial charge is 0.251 e. The van der Waals surface area contributed by atoms with Crippen molar-refractivity contribution in [3.63, 3.8) is 0 Å². The maximum atomic E-state index is 12.7. The van der Waals surface area contributed by atoms with E-state index in [0.29, 0.717) is 6.42 Å². The standard InChI is InChI=1S/C11H10ClFN2O2S2/c12-11-14-7-10(18-11)19(16,17)15-6-5-8-1-3-9(13)4-2-8/h1-4,7,15H,5-6H2. The molecule has 0 radical (unpaired) electrons. The molecule has 8 heteroatoms. The molecule has 0 unspecified atom stereocenters. The number of sulfonamides is 1. The van der Waals surface area contributed by atoms with E-state index in [-0.39, 0.29) is 21.0 Å². The Bertz CT molecular complexity index is 656. The molecule has 1 aromatic heterocycles. The monoisotopic (exact) mass is 320 g/mol. The summed E-state index contributed by atoms with van der Waals surface area (Å²) < 4.78 is 39.1. The number of rotatable bonds is 5. The molecule has 0 aliphatic rings. The van der Waals surface area contributed by atoms with Gasteiger partial charge in [0.2, 0.25) is 0 Å². The molecule has 0 aliphatic carbocycles. The van der Waals surface area contributed by atoms with Gasteiger partial charge in [-0.25, -0.2) is 22.5 Å². The summed E-state index contributed by atoms with van der Waals surface area (Å²) in [5.41, 5.74) is 0.853. The first-order valence-corrected chi connectivity index (χ1v) is 8.00. The van der Waals surface area contributed by atoms with Crippen LogP contribution in [0.1, 0.15) is 5.56 Å². The van der Waals surface area contributed by atoms with Crippen molar-refractivity contribution in [2.45, 2.75) is 10.6 Å². The lowest BCUT2D eigenvalue weighted by atomic mass is 10.1. The van der Waals surface area contributed by atoms with Crippen molar-refractivity contribution in [1.82, 2.24) is 9.71 Å². The molecule has 0 spiro atoms. The smallest absolute Gasteiger partial charge is 0.232 e. The minimum atomic E-state index is -3.57. The molecule has 2 rings (SSSR count). The Hall–Kier alpha value is -1.02. The van der Waals surface area contributed by atoms with Gasteiger partial charge in [0, 0.05) is 6.54 Å². The zero-order chi connectivity index (χ0) is 13.9. The van der Waals surface area contributed by atoms with Gasteiger partial charge in [0.1, 0.15) is 5.82 Å². The number of nitrogens with zero attached hydrogens (tertiary/aromatic N) is 1. The van der Waals surface area contributed by atoms with Crippen LogP contribution < -0.4 is 4.72 Å². The number of aromatic nitrogens is 1. The van der Waals surface area contributed by atoms with Crippen LogP contribution in [-0.2, 0) is 16.4 Å². The van der Waals surface area contributed by atoms with Crippen molar-refractivity contribution in [2.75, 3.05) is 6.54 Å². The van der Waals surface area contributed by atoms with E-state index in [1.54, 1.807) is 12.1 Å². The molecule has 1 N–H and O–H groups in total. The zero-order valence-corrected chi connectivity index (χ0v) is 12.0. The lowest BCUT2D eigenvalue weighted by Gasteiger charge is -2.04. The quantitative estimate of drug-likeness (QED) is 0.920. The average Bonchev–Trinajstić information content (AvgIpc) is 2.79. The van der Waals surface area contributed by atoms with Gasteiger partial charge < -0.3 is 0 Å². The Morgan fingerprint density at radius 3 is 2.58 bits per heavy atom. The fourth-order valence-electron chi connectivity index (χ4n) is 1.42. The van der Waals surface area contributed by atoms with E-state index in [1.807, 2.05) is 0 Å². The summed E-state index contributed by atoms with van der Waals surface area (Å²) in [5.74, 6) is -0.316. The molecule has 19 heavy (non-hydrogen) atoms. The molecule has 4 nitrogen and oxygen atoms in total. The maximum Gasteiger partial charge on any atom is 0.251 e. The molecule has 0 fully saturated rings. The molecule has 102 valence electrons. The summed E-state index contributed by atoms with van der Waals surface area (Å²) in [6.07, 6.45) is 1.69. The highest BCUT2D eigenvalue weighted by Gasteiger charge is 2.16. The van der Waals surface area contributed by atoms with Crippen LogP contribution in [0.3, 0.4) is 0 Å². The lowest BCUT2D eigenvalue weighted by molar-refractivity contribution is 0.583. The van der Waals surface area contributed by atoms with E-state index in [1.165, 1.54) is 18.3 Å². The zero-order valence-electron chi connectivity index (χ0n) is 9.64. The third-order valence-electron chi connectivity index (χ3n) is 2.34. The Morgan fingerprint density at radius 1 is 1.32 bits per heavy atom. The van der Waals surface area contributed by atoms with Gasteiger partial charge in [0.25, 0.3) is 10.0 Å². The second-order valence-corrected chi connectivity index (χ2v) is 7.31. The van der Waals surface area contributed by atoms with E-state index in [2.05, 4.69) is 9.71 Å². The molecule has 1 aromatic carbocycles. The predicted molar refractivity (Wildman–Crippen MR) is 72.4 cm³/mol. The topological polar surface area (TPSA) is 59.1 Å². The van der Waals surface area contributed by atoms with Crippen LogP contribution in [0.4, 0.5) is 4.39 Å². The first-order chi connectivity index (χ1) is 8.97. The molecular formula is C11H10ClFN2O2S2. The summed E-state index contributed by atoms with van der Waals surface area (Å²) >= 11 is 6.49. The molecule has 0 bridgehead atoms. The highest BCUT2D eigenvalue weighted by atomic mass is 35.5. The third kappa shape index (κ3) is 3.97. The fourth-order valence-corrected chi connectivity index (χ4v) is 3.78. The number of halogens is 2. The minimum Gasteiger partial charge on any atom is -0.232 e. The fraction of sp³-hybridized carbons (Fsp3) is 0.182. The van der Waals surface area contributed by atoms with Gasteiger partial charge in [-0.3, -0.25) is 0 Å². The van der Waals surface area contributed by atoms with Gasteiger partial charge in [-0.2, -0.15) is 0 Å². The first kappa shape index (κ1) is 14.4.